The summed E-state index contributed by atoms with van der Waals surface area (Å²) in [5.41, 5.74) is 0. The van der Waals surface area contributed by atoms with Gasteiger partial charge in [-0.15, -0.1) is 10.2 Å². The molecule has 3 amide bonds. The molecule has 3 N–H and O–H groups in total. The Morgan fingerprint density at radius 1 is 1.25 bits per heavy atom. The van der Waals surface area contributed by atoms with Gasteiger partial charge in [0.15, 0.2) is 4.34 Å². The molecule has 0 unspecified atom stereocenters. The molecule has 1 aromatic heterocycles. The van der Waals surface area contributed by atoms with Gasteiger partial charge in [0.2, 0.25) is 11.0 Å². The summed E-state index contributed by atoms with van der Waals surface area (Å²) in [7, 11) is 0. The maximum absolute atomic E-state index is 11.8. The van der Waals surface area contributed by atoms with Crippen molar-refractivity contribution >= 4 is 40.2 Å². The topological polar surface area (TPSA) is 96.0 Å². The van der Waals surface area contributed by atoms with Crippen LogP contribution in [0.5, 0.6) is 0 Å². The van der Waals surface area contributed by atoms with Crippen LogP contribution in [0.2, 0.25) is 0 Å². The van der Waals surface area contributed by atoms with Gasteiger partial charge in [0.1, 0.15) is 0 Å². The van der Waals surface area contributed by atoms with Gasteiger partial charge in [-0.05, 0) is 18.8 Å². The van der Waals surface area contributed by atoms with E-state index in [1.54, 1.807) is 0 Å². The fourth-order valence-electron chi connectivity index (χ4n) is 2.39. The summed E-state index contributed by atoms with van der Waals surface area (Å²) >= 11 is 2.70. The van der Waals surface area contributed by atoms with Crippen molar-refractivity contribution < 1.29 is 9.59 Å². The van der Waals surface area contributed by atoms with Gasteiger partial charge in [-0.25, -0.2) is 4.79 Å². The van der Waals surface area contributed by atoms with Crippen LogP contribution in [0.25, 0.3) is 0 Å². The zero-order valence-electron chi connectivity index (χ0n) is 14.1. The predicted molar refractivity (Wildman–Crippen MR) is 97.5 cm³/mol. The molecule has 0 spiro atoms. The molecule has 0 aromatic carbocycles. The summed E-state index contributed by atoms with van der Waals surface area (Å²) in [4.78, 5) is 23.6. The van der Waals surface area contributed by atoms with Crippen LogP contribution < -0.4 is 16.0 Å². The lowest BCUT2D eigenvalue weighted by Crippen LogP contribution is -2.45. The average Bonchev–Trinajstić information content (AvgIpc) is 3.00. The second kappa shape index (κ2) is 9.83. The van der Waals surface area contributed by atoms with E-state index in [2.05, 4.69) is 40.0 Å². The summed E-state index contributed by atoms with van der Waals surface area (Å²) in [5.74, 6) is 0.357. The zero-order valence-corrected chi connectivity index (χ0v) is 15.8. The minimum absolute atomic E-state index is 0.150. The Bertz CT molecular complexity index is 544. The Balaban J connectivity index is 1.66. The molecular formula is C15H25N5O2S2. The number of nitrogens with one attached hydrogen (secondary N) is 3. The van der Waals surface area contributed by atoms with Crippen LogP contribution in [0.1, 0.15) is 46.0 Å². The van der Waals surface area contributed by atoms with Gasteiger partial charge in [0, 0.05) is 12.6 Å². The first kappa shape index (κ1) is 19.0. The van der Waals surface area contributed by atoms with E-state index in [0.29, 0.717) is 10.3 Å². The third kappa shape index (κ3) is 7.04. The highest BCUT2D eigenvalue weighted by Crippen LogP contribution is 2.25. The van der Waals surface area contributed by atoms with Crippen LogP contribution in [0.4, 0.5) is 9.93 Å². The summed E-state index contributed by atoms with van der Waals surface area (Å²) in [6, 6.07) is -0.207. The van der Waals surface area contributed by atoms with Crippen LogP contribution in [0, 0.1) is 5.92 Å². The van der Waals surface area contributed by atoms with Gasteiger partial charge in [-0.2, -0.15) is 0 Å². The number of hydrogen-bond acceptors (Lipinski definition) is 7. The monoisotopic (exact) mass is 371 g/mol. The number of rotatable bonds is 7. The van der Waals surface area contributed by atoms with Crippen molar-refractivity contribution in [3.8, 4) is 0 Å². The normalized spacial score (nSPS) is 15.3. The van der Waals surface area contributed by atoms with E-state index in [4.69, 9.17) is 0 Å². The van der Waals surface area contributed by atoms with Gasteiger partial charge in [-0.1, -0.05) is 56.2 Å². The van der Waals surface area contributed by atoms with Gasteiger partial charge < -0.3 is 10.6 Å². The summed E-state index contributed by atoms with van der Waals surface area (Å²) in [5, 5.41) is 17.2. The molecule has 7 nitrogen and oxygen atoms in total. The highest BCUT2D eigenvalue weighted by Gasteiger charge is 2.17. The van der Waals surface area contributed by atoms with E-state index in [-0.39, 0.29) is 17.7 Å². The Labute approximate surface area is 150 Å². The minimum Gasteiger partial charge on any atom is -0.360 e. The lowest BCUT2D eigenvalue weighted by Gasteiger charge is -2.22. The second-order valence-corrected chi connectivity index (χ2v) is 8.49. The Morgan fingerprint density at radius 2 is 2.00 bits per heavy atom. The van der Waals surface area contributed by atoms with E-state index in [1.165, 1.54) is 29.5 Å². The van der Waals surface area contributed by atoms with E-state index in [9.17, 15) is 9.59 Å². The molecule has 1 heterocycles. The average molecular weight is 372 g/mol. The van der Waals surface area contributed by atoms with Crippen LogP contribution in [-0.4, -0.2) is 40.5 Å². The van der Waals surface area contributed by atoms with Crippen molar-refractivity contribution in [2.24, 2.45) is 5.92 Å². The molecule has 1 aliphatic carbocycles. The number of hydrogen-bond donors (Lipinski definition) is 3. The largest absolute Gasteiger partial charge is 0.360 e. The van der Waals surface area contributed by atoms with Crippen LogP contribution in [0.3, 0.4) is 0 Å². The molecule has 2 rings (SSSR count). The lowest BCUT2D eigenvalue weighted by atomic mass is 9.96. The number of aromatic nitrogens is 2. The summed E-state index contributed by atoms with van der Waals surface area (Å²) < 4.78 is 0.712. The molecule has 0 aliphatic heterocycles. The Hall–Kier alpha value is -1.35. The number of amides is 3. The fraction of sp³-hybridized carbons (Fsp3) is 0.733. The number of nitrogens with zero attached hydrogens (tertiary/aromatic N) is 2. The SMILES string of the molecule is CC(C)CNc1nnc(SCC(=O)NC(=O)NC2CCCCC2)s1. The van der Waals surface area contributed by atoms with Crippen molar-refractivity contribution in [2.45, 2.75) is 56.3 Å². The Morgan fingerprint density at radius 3 is 2.71 bits per heavy atom. The Kier molecular flexibility index (Phi) is 7.77. The van der Waals surface area contributed by atoms with Crippen molar-refractivity contribution in [1.29, 1.82) is 0 Å². The number of imide groups is 1. The number of urea groups is 1. The maximum atomic E-state index is 11.8. The van der Waals surface area contributed by atoms with Crippen LogP contribution in [-0.2, 0) is 4.79 Å². The molecule has 1 aromatic rings. The second-order valence-electron chi connectivity index (χ2n) is 6.29. The molecular weight excluding hydrogens is 346 g/mol. The lowest BCUT2D eigenvalue weighted by molar-refractivity contribution is -0.117. The van der Waals surface area contributed by atoms with Gasteiger partial charge >= 0.3 is 6.03 Å². The van der Waals surface area contributed by atoms with Gasteiger partial charge in [-0.3, -0.25) is 10.1 Å². The van der Waals surface area contributed by atoms with Crippen molar-refractivity contribution in [2.75, 3.05) is 17.6 Å². The minimum atomic E-state index is -0.399. The number of thioether (sulfide) groups is 1. The van der Waals surface area contributed by atoms with Crippen LogP contribution in [0.15, 0.2) is 4.34 Å². The molecule has 0 bridgehead atoms. The van der Waals surface area contributed by atoms with Crippen molar-refractivity contribution in [3.63, 3.8) is 0 Å². The number of carbonyl (C=O) groups is 2. The van der Waals surface area contributed by atoms with Crippen molar-refractivity contribution in [3.05, 3.63) is 0 Å². The third-order valence-electron chi connectivity index (χ3n) is 3.59. The predicted octanol–water partition coefficient (Wildman–Crippen LogP) is 2.86. The molecule has 1 aliphatic rings. The van der Waals surface area contributed by atoms with E-state index < -0.39 is 6.03 Å². The molecule has 0 saturated heterocycles. The summed E-state index contributed by atoms with van der Waals surface area (Å²) in [6.45, 7) is 5.07. The molecule has 1 saturated carbocycles. The van der Waals surface area contributed by atoms with Crippen LogP contribution >= 0.6 is 23.1 Å². The molecule has 1 fully saturated rings. The number of carbonyl (C=O) groups excluding carboxylic acids is 2. The molecule has 0 radical (unpaired) electrons. The first-order valence-electron chi connectivity index (χ1n) is 8.33. The van der Waals surface area contributed by atoms with Gasteiger partial charge in [0.25, 0.3) is 0 Å². The summed E-state index contributed by atoms with van der Waals surface area (Å²) in [6.07, 6.45) is 5.49. The third-order valence-corrected chi connectivity index (χ3v) is 5.60. The van der Waals surface area contributed by atoms with Gasteiger partial charge in [0.05, 0.1) is 5.75 Å². The van der Waals surface area contributed by atoms with E-state index in [0.717, 1.165) is 37.4 Å². The standard InChI is InChI=1S/C15H25N5O2S2/c1-10(2)8-16-14-19-20-15(24-14)23-9-12(21)18-13(22)17-11-6-4-3-5-7-11/h10-11H,3-9H2,1-2H3,(H,16,19)(H2,17,18,21,22). The van der Waals surface area contributed by atoms with Crippen molar-refractivity contribution in [1.82, 2.24) is 20.8 Å². The molecule has 0 atom stereocenters. The first-order chi connectivity index (χ1) is 11.5. The highest BCUT2D eigenvalue weighted by atomic mass is 32.2. The molecule has 134 valence electrons. The fourth-order valence-corrected chi connectivity index (χ4v) is 3.95. The zero-order chi connectivity index (χ0) is 17.4. The quantitative estimate of drug-likeness (QED) is 0.638. The first-order valence-corrected chi connectivity index (χ1v) is 10.1. The van der Waals surface area contributed by atoms with E-state index >= 15 is 0 Å². The highest BCUT2D eigenvalue weighted by molar-refractivity contribution is 8.01. The molecule has 24 heavy (non-hydrogen) atoms. The maximum Gasteiger partial charge on any atom is 0.321 e. The molecule has 9 heteroatoms. The smallest absolute Gasteiger partial charge is 0.321 e. The van der Waals surface area contributed by atoms with E-state index in [1.807, 2.05) is 0 Å². The number of anilines is 1.